The van der Waals surface area contributed by atoms with Gasteiger partial charge in [0.25, 0.3) is 0 Å². The van der Waals surface area contributed by atoms with Gasteiger partial charge in [0.05, 0.1) is 12.5 Å². The summed E-state index contributed by atoms with van der Waals surface area (Å²) in [7, 11) is 0. The molecule has 4 heteroatoms. The Labute approximate surface area is 123 Å². The largest absolute Gasteiger partial charge is 0.388 e. The molecule has 0 fully saturated rings. The third-order valence-electron chi connectivity index (χ3n) is 3.23. The molecule has 0 aliphatic rings. The van der Waals surface area contributed by atoms with Crippen molar-refractivity contribution in [1.82, 2.24) is 0 Å². The smallest absolute Gasteiger partial charge is 0.227 e. The first-order valence-corrected chi connectivity index (χ1v) is 6.91. The Morgan fingerprint density at radius 3 is 2.71 bits per heavy atom. The van der Waals surface area contributed by atoms with E-state index in [1.807, 2.05) is 25.1 Å². The van der Waals surface area contributed by atoms with Gasteiger partial charge in [-0.05, 0) is 41.8 Å². The second kappa shape index (κ2) is 6.99. The van der Waals surface area contributed by atoms with Crippen LogP contribution in [0.4, 0.5) is 10.1 Å². The molecule has 1 atom stereocenters. The Morgan fingerprint density at radius 2 is 2.00 bits per heavy atom. The molecule has 0 aromatic heterocycles. The number of amides is 1. The van der Waals surface area contributed by atoms with Crippen LogP contribution in [0.15, 0.2) is 48.5 Å². The number of hydrogen-bond acceptors (Lipinski definition) is 2. The highest BCUT2D eigenvalue weighted by atomic mass is 19.1. The summed E-state index contributed by atoms with van der Waals surface area (Å²) in [4.78, 5) is 11.9. The van der Waals surface area contributed by atoms with E-state index in [1.54, 1.807) is 12.1 Å². The van der Waals surface area contributed by atoms with E-state index in [0.717, 1.165) is 12.0 Å². The van der Waals surface area contributed by atoms with Gasteiger partial charge < -0.3 is 10.4 Å². The van der Waals surface area contributed by atoms with E-state index < -0.39 is 11.9 Å². The minimum absolute atomic E-state index is 0.111. The van der Waals surface area contributed by atoms with Crippen LogP contribution in [0.2, 0.25) is 0 Å². The first-order valence-electron chi connectivity index (χ1n) is 6.91. The summed E-state index contributed by atoms with van der Waals surface area (Å²) < 4.78 is 13.1. The molecule has 2 N–H and O–H groups in total. The van der Waals surface area contributed by atoms with E-state index >= 15 is 0 Å². The number of carbonyl (C=O) groups excluding carboxylic acids is 1. The zero-order valence-corrected chi connectivity index (χ0v) is 11.8. The van der Waals surface area contributed by atoms with Gasteiger partial charge in [0, 0.05) is 5.69 Å². The number of halogens is 1. The van der Waals surface area contributed by atoms with Crippen molar-refractivity contribution in [2.45, 2.75) is 25.9 Å². The van der Waals surface area contributed by atoms with Crippen LogP contribution >= 0.6 is 0 Å². The lowest BCUT2D eigenvalue weighted by Crippen LogP contribution is -2.15. The van der Waals surface area contributed by atoms with E-state index in [-0.39, 0.29) is 12.3 Å². The maximum Gasteiger partial charge on any atom is 0.227 e. The third kappa shape index (κ3) is 4.39. The van der Waals surface area contributed by atoms with Crippen LogP contribution < -0.4 is 5.32 Å². The number of hydrogen-bond donors (Lipinski definition) is 2. The van der Waals surface area contributed by atoms with E-state index in [4.69, 9.17) is 0 Å². The number of anilines is 1. The quantitative estimate of drug-likeness (QED) is 0.885. The van der Waals surface area contributed by atoms with Crippen LogP contribution in [0.1, 0.15) is 30.6 Å². The number of nitrogens with one attached hydrogen (secondary N) is 1. The molecule has 2 aromatic carbocycles. The van der Waals surface area contributed by atoms with Crippen LogP contribution in [0.25, 0.3) is 0 Å². The first-order chi connectivity index (χ1) is 10.1. The van der Waals surface area contributed by atoms with Crippen molar-refractivity contribution in [3.8, 4) is 0 Å². The first kappa shape index (κ1) is 15.2. The fraction of sp³-hybridized carbons (Fsp3) is 0.235. The monoisotopic (exact) mass is 287 g/mol. The van der Waals surface area contributed by atoms with Gasteiger partial charge in [-0.2, -0.15) is 0 Å². The van der Waals surface area contributed by atoms with E-state index in [9.17, 15) is 14.3 Å². The minimum Gasteiger partial charge on any atom is -0.388 e. The molecular weight excluding hydrogens is 269 g/mol. The molecule has 110 valence electrons. The van der Waals surface area contributed by atoms with E-state index in [0.29, 0.717) is 11.3 Å². The molecule has 0 radical (unpaired) electrons. The highest BCUT2D eigenvalue weighted by Crippen LogP contribution is 2.19. The van der Waals surface area contributed by atoms with Crippen LogP contribution in [0.3, 0.4) is 0 Å². The zero-order chi connectivity index (χ0) is 15.2. The van der Waals surface area contributed by atoms with Crippen molar-refractivity contribution in [3.05, 3.63) is 65.5 Å². The maximum atomic E-state index is 13.1. The molecule has 0 saturated heterocycles. The van der Waals surface area contributed by atoms with E-state index in [2.05, 4.69) is 5.32 Å². The molecule has 2 aromatic rings. The second-order valence-corrected chi connectivity index (χ2v) is 4.88. The van der Waals surface area contributed by atoms with Gasteiger partial charge in [0.1, 0.15) is 5.82 Å². The van der Waals surface area contributed by atoms with Crippen LogP contribution in [-0.2, 0) is 11.2 Å². The van der Waals surface area contributed by atoms with Gasteiger partial charge in [-0.25, -0.2) is 4.39 Å². The Morgan fingerprint density at radius 1 is 1.24 bits per heavy atom. The van der Waals surface area contributed by atoms with Crippen molar-refractivity contribution in [3.63, 3.8) is 0 Å². The number of aliphatic hydroxyl groups excluding tert-OH is 1. The van der Waals surface area contributed by atoms with Crippen LogP contribution in [0, 0.1) is 5.82 Å². The predicted octanol–water partition coefficient (Wildman–Crippen LogP) is 3.45. The topological polar surface area (TPSA) is 49.3 Å². The Kier molecular flexibility index (Phi) is 5.06. The zero-order valence-electron chi connectivity index (χ0n) is 11.8. The average Bonchev–Trinajstić information content (AvgIpc) is 2.47. The molecule has 21 heavy (non-hydrogen) atoms. The summed E-state index contributed by atoms with van der Waals surface area (Å²) in [6, 6.07) is 13.2. The molecule has 0 saturated carbocycles. The minimum atomic E-state index is -1.02. The normalized spacial score (nSPS) is 12.0. The maximum absolute atomic E-state index is 13.1. The van der Waals surface area contributed by atoms with Gasteiger partial charge in [-0.1, -0.05) is 31.2 Å². The molecular formula is C17H18FNO2. The Balaban J connectivity index is 1.97. The average molecular weight is 287 g/mol. The Bertz CT molecular complexity index is 628. The lowest BCUT2D eigenvalue weighted by Gasteiger charge is -2.12. The van der Waals surface area contributed by atoms with E-state index in [1.165, 1.54) is 18.2 Å². The van der Waals surface area contributed by atoms with Crippen molar-refractivity contribution in [1.29, 1.82) is 0 Å². The van der Waals surface area contributed by atoms with Gasteiger partial charge in [-0.15, -0.1) is 0 Å². The summed E-state index contributed by atoms with van der Waals surface area (Å²) in [5, 5.41) is 12.7. The highest BCUT2D eigenvalue weighted by Gasteiger charge is 2.13. The molecule has 3 nitrogen and oxygen atoms in total. The van der Waals surface area contributed by atoms with Crippen molar-refractivity contribution in [2.75, 3.05) is 5.32 Å². The molecule has 0 aliphatic carbocycles. The van der Waals surface area contributed by atoms with Crippen LogP contribution in [-0.4, -0.2) is 11.0 Å². The van der Waals surface area contributed by atoms with Gasteiger partial charge >= 0.3 is 0 Å². The second-order valence-electron chi connectivity index (χ2n) is 4.88. The van der Waals surface area contributed by atoms with Crippen LogP contribution in [0.5, 0.6) is 0 Å². The molecule has 1 unspecified atom stereocenters. The SMILES string of the molecule is CCc1cccc(NC(=O)CC(O)c2cccc(F)c2)c1. The summed E-state index contributed by atoms with van der Waals surface area (Å²) in [6.07, 6.45) is -0.245. The number of carbonyl (C=O) groups is 1. The summed E-state index contributed by atoms with van der Waals surface area (Å²) in [5.74, 6) is -0.734. The number of benzene rings is 2. The number of aliphatic hydroxyl groups is 1. The molecule has 0 aliphatic heterocycles. The summed E-state index contributed by atoms with van der Waals surface area (Å²) in [6.45, 7) is 2.04. The lowest BCUT2D eigenvalue weighted by molar-refractivity contribution is -0.118. The Hall–Kier alpha value is -2.20. The molecule has 2 rings (SSSR count). The highest BCUT2D eigenvalue weighted by molar-refractivity contribution is 5.91. The summed E-state index contributed by atoms with van der Waals surface area (Å²) in [5.41, 5.74) is 2.22. The third-order valence-corrected chi connectivity index (χ3v) is 3.23. The van der Waals surface area contributed by atoms with Crippen molar-refractivity contribution < 1.29 is 14.3 Å². The van der Waals surface area contributed by atoms with Gasteiger partial charge in [0.2, 0.25) is 5.91 Å². The summed E-state index contributed by atoms with van der Waals surface area (Å²) >= 11 is 0. The van der Waals surface area contributed by atoms with Gasteiger partial charge in [0.15, 0.2) is 0 Å². The lowest BCUT2D eigenvalue weighted by atomic mass is 10.1. The molecule has 0 spiro atoms. The van der Waals surface area contributed by atoms with Crippen molar-refractivity contribution >= 4 is 11.6 Å². The van der Waals surface area contributed by atoms with Gasteiger partial charge in [-0.3, -0.25) is 4.79 Å². The number of aryl methyl sites for hydroxylation is 1. The molecule has 0 heterocycles. The fourth-order valence-electron chi connectivity index (χ4n) is 2.09. The number of rotatable bonds is 5. The fourth-order valence-corrected chi connectivity index (χ4v) is 2.09. The molecule has 1 amide bonds. The molecule has 0 bridgehead atoms. The standard InChI is InChI=1S/C17H18FNO2/c1-2-12-5-3-8-15(9-12)19-17(21)11-16(20)13-6-4-7-14(18)10-13/h3-10,16,20H,2,11H2,1H3,(H,19,21). The predicted molar refractivity (Wildman–Crippen MR) is 80.4 cm³/mol. The van der Waals surface area contributed by atoms with Crippen molar-refractivity contribution in [2.24, 2.45) is 0 Å².